The van der Waals surface area contributed by atoms with E-state index in [9.17, 15) is 4.79 Å². The lowest BCUT2D eigenvalue weighted by molar-refractivity contribution is -0.121. The maximum absolute atomic E-state index is 10.9. The second-order valence-corrected chi connectivity index (χ2v) is 5.05. The third-order valence-electron chi connectivity index (χ3n) is 3.01. The van der Waals surface area contributed by atoms with Crippen LogP contribution in [0.5, 0.6) is 0 Å². The fraction of sp³-hybridized carbons (Fsp3) is 0.938. The topological polar surface area (TPSA) is 133 Å². The third-order valence-corrected chi connectivity index (χ3v) is 3.01. The Labute approximate surface area is 160 Å². The summed E-state index contributed by atoms with van der Waals surface area (Å²) in [5, 5.41) is 5.88. The van der Waals surface area contributed by atoms with Gasteiger partial charge in [0, 0.05) is 24.9 Å². The molecule has 0 atom stereocenters. The number of nitrogens with zero attached hydrogens (tertiary/aromatic N) is 3. The Hall–Kier alpha value is -1.46. The Kier molecular flexibility index (Phi) is 21.4. The molecule has 11 nitrogen and oxygen atoms in total. The van der Waals surface area contributed by atoms with Crippen LogP contribution in [0.3, 0.4) is 0 Å². The maximum Gasteiger partial charge on any atom is 0.222 e. The predicted octanol–water partition coefficient (Wildman–Crippen LogP) is 0.532. The number of azide groups is 1. The minimum Gasteiger partial charge on any atom is -0.379 e. The Bertz CT molecular complexity index is 382. The minimum atomic E-state index is -0.0361. The number of hydrogen-bond acceptors (Lipinski definition) is 8. The molecule has 0 spiro atoms. The molecule has 0 saturated carbocycles. The monoisotopic (exact) mass is 392 g/mol. The van der Waals surface area contributed by atoms with Crippen LogP contribution in [0.4, 0.5) is 0 Å². The molecule has 0 unspecified atom stereocenters. The number of amides is 1. The van der Waals surface area contributed by atoms with Gasteiger partial charge >= 0.3 is 0 Å². The number of nitrogens with one attached hydrogen (secondary N) is 1. The van der Waals surface area contributed by atoms with Crippen LogP contribution in [0.2, 0.25) is 0 Å². The van der Waals surface area contributed by atoms with Gasteiger partial charge in [0.15, 0.2) is 0 Å². The van der Waals surface area contributed by atoms with Crippen LogP contribution in [-0.2, 0) is 33.2 Å². The molecule has 0 aromatic heterocycles. The average Bonchev–Trinajstić information content (AvgIpc) is 2.68. The quantitative estimate of drug-likeness (QED) is 0.130. The number of ether oxygens (including phenoxy) is 6. The summed E-state index contributed by atoms with van der Waals surface area (Å²) in [5.74, 6) is -0.0361. The summed E-state index contributed by atoms with van der Waals surface area (Å²) in [6, 6.07) is 0. The Morgan fingerprint density at radius 2 is 1.11 bits per heavy atom. The van der Waals surface area contributed by atoms with Crippen molar-refractivity contribution in [2.75, 3.05) is 92.9 Å². The molecule has 1 amide bonds. The van der Waals surface area contributed by atoms with E-state index in [4.69, 9.17) is 34.0 Å². The van der Waals surface area contributed by atoms with Gasteiger partial charge in [-0.05, 0) is 5.53 Å². The van der Waals surface area contributed by atoms with Crippen LogP contribution < -0.4 is 5.32 Å². The van der Waals surface area contributed by atoms with Crippen LogP contribution in [0.25, 0.3) is 10.4 Å². The molecular formula is C16H32N4O7. The minimum absolute atomic E-state index is 0.0361. The number of rotatable bonds is 21. The molecule has 0 aromatic rings. The lowest BCUT2D eigenvalue weighted by atomic mass is 10.4. The van der Waals surface area contributed by atoms with Crippen molar-refractivity contribution in [2.24, 2.45) is 5.11 Å². The van der Waals surface area contributed by atoms with Crippen LogP contribution in [0.15, 0.2) is 5.11 Å². The fourth-order valence-corrected chi connectivity index (χ4v) is 1.64. The molecule has 0 aliphatic heterocycles. The van der Waals surface area contributed by atoms with Gasteiger partial charge in [0.1, 0.15) is 0 Å². The van der Waals surface area contributed by atoms with Crippen LogP contribution in [-0.4, -0.2) is 98.8 Å². The van der Waals surface area contributed by atoms with Crippen molar-refractivity contribution in [1.29, 1.82) is 0 Å². The molecule has 11 heteroatoms. The zero-order valence-electron chi connectivity index (χ0n) is 16.1. The molecule has 1 N–H and O–H groups in total. The second-order valence-electron chi connectivity index (χ2n) is 5.05. The van der Waals surface area contributed by atoms with Crippen molar-refractivity contribution in [3.05, 3.63) is 10.4 Å². The largest absolute Gasteiger partial charge is 0.379 e. The first-order valence-electron chi connectivity index (χ1n) is 8.99. The molecule has 0 saturated heterocycles. The zero-order chi connectivity index (χ0) is 19.8. The van der Waals surface area contributed by atoms with E-state index in [-0.39, 0.29) is 5.91 Å². The Morgan fingerprint density at radius 1 is 0.741 bits per heavy atom. The van der Waals surface area contributed by atoms with Crippen molar-refractivity contribution in [3.8, 4) is 0 Å². The van der Waals surface area contributed by atoms with Crippen molar-refractivity contribution in [1.82, 2.24) is 5.32 Å². The standard InChI is InChI=1S/C16H32N4O7/c1-18-16(21)2-4-22-6-8-24-10-12-26-14-15-27-13-11-25-9-7-23-5-3-19-20-17/h2-15H2,1H3,(H,18,21). The molecule has 0 heterocycles. The first-order valence-corrected chi connectivity index (χ1v) is 8.99. The molecule has 0 aromatic carbocycles. The van der Waals surface area contributed by atoms with E-state index in [2.05, 4.69) is 15.3 Å². The van der Waals surface area contributed by atoms with Crippen molar-refractivity contribution in [2.45, 2.75) is 6.42 Å². The molecule has 27 heavy (non-hydrogen) atoms. The van der Waals surface area contributed by atoms with Gasteiger partial charge in [-0.3, -0.25) is 4.79 Å². The summed E-state index contributed by atoms with van der Waals surface area (Å²) < 4.78 is 31.8. The van der Waals surface area contributed by atoms with E-state index >= 15 is 0 Å². The molecule has 0 fully saturated rings. The van der Waals surface area contributed by atoms with E-state index in [0.29, 0.717) is 92.2 Å². The zero-order valence-corrected chi connectivity index (χ0v) is 16.1. The Balaban J connectivity index is 3.03. The molecular weight excluding hydrogens is 360 g/mol. The van der Waals surface area contributed by atoms with E-state index in [1.165, 1.54) is 0 Å². The highest BCUT2D eigenvalue weighted by molar-refractivity contribution is 5.75. The smallest absolute Gasteiger partial charge is 0.222 e. The van der Waals surface area contributed by atoms with Gasteiger partial charge in [0.2, 0.25) is 5.91 Å². The summed E-state index contributed by atoms with van der Waals surface area (Å²) in [6.45, 7) is 5.94. The maximum atomic E-state index is 10.9. The van der Waals surface area contributed by atoms with Gasteiger partial charge in [-0.1, -0.05) is 5.11 Å². The number of carbonyl (C=O) groups excluding carboxylic acids is 1. The summed E-state index contributed by atoms with van der Waals surface area (Å²) >= 11 is 0. The van der Waals surface area contributed by atoms with E-state index in [0.717, 1.165) is 0 Å². The first kappa shape index (κ1) is 25.5. The SMILES string of the molecule is CNC(=O)CCOCCOCCOCCOCCOCCOCCN=[N+]=[N-]. The molecule has 0 rings (SSSR count). The first-order chi connectivity index (χ1) is 13.3. The number of carbonyl (C=O) groups is 1. The fourth-order valence-electron chi connectivity index (χ4n) is 1.64. The highest BCUT2D eigenvalue weighted by atomic mass is 16.6. The lowest BCUT2D eigenvalue weighted by Crippen LogP contribution is -2.20. The predicted molar refractivity (Wildman–Crippen MR) is 97.6 cm³/mol. The summed E-state index contributed by atoms with van der Waals surface area (Å²) in [6.07, 6.45) is 0.358. The third kappa shape index (κ3) is 22.5. The van der Waals surface area contributed by atoms with Crippen LogP contribution >= 0.6 is 0 Å². The van der Waals surface area contributed by atoms with Gasteiger partial charge in [0.05, 0.1) is 79.3 Å². The van der Waals surface area contributed by atoms with Gasteiger partial charge < -0.3 is 33.7 Å². The molecule has 0 radical (unpaired) electrons. The van der Waals surface area contributed by atoms with E-state index < -0.39 is 0 Å². The highest BCUT2D eigenvalue weighted by Crippen LogP contribution is 1.86. The van der Waals surface area contributed by atoms with E-state index in [1.807, 2.05) is 0 Å². The lowest BCUT2D eigenvalue weighted by Gasteiger charge is -2.08. The van der Waals surface area contributed by atoms with E-state index in [1.54, 1.807) is 7.05 Å². The van der Waals surface area contributed by atoms with Crippen molar-refractivity contribution in [3.63, 3.8) is 0 Å². The van der Waals surface area contributed by atoms with Gasteiger partial charge in [-0.25, -0.2) is 0 Å². The second kappa shape index (κ2) is 22.6. The van der Waals surface area contributed by atoms with Crippen LogP contribution in [0, 0.1) is 0 Å². The summed E-state index contributed by atoms with van der Waals surface area (Å²) in [7, 11) is 1.60. The molecule has 0 aliphatic rings. The normalized spacial score (nSPS) is 10.6. The van der Waals surface area contributed by atoms with Gasteiger partial charge in [0.25, 0.3) is 0 Å². The van der Waals surface area contributed by atoms with Gasteiger partial charge in [-0.2, -0.15) is 0 Å². The summed E-state index contributed by atoms with van der Waals surface area (Å²) in [5.41, 5.74) is 8.07. The van der Waals surface area contributed by atoms with Crippen molar-refractivity contribution < 1.29 is 33.2 Å². The average molecular weight is 392 g/mol. The van der Waals surface area contributed by atoms with Crippen LogP contribution in [0.1, 0.15) is 6.42 Å². The molecule has 0 aliphatic carbocycles. The summed E-state index contributed by atoms with van der Waals surface area (Å²) in [4.78, 5) is 13.6. The van der Waals surface area contributed by atoms with Gasteiger partial charge in [-0.15, -0.1) is 0 Å². The number of hydrogen-bond donors (Lipinski definition) is 1. The Morgan fingerprint density at radius 3 is 1.48 bits per heavy atom. The molecule has 0 bridgehead atoms. The molecule has 158 valence electrons. The highest BCUT2D eigenvalue weighted by Gasteiger charge is 1.97. The van der Waals surface area contributed by atoms with Crippen molar-refractivity contribution >= 4 is 5.91 Å².